The van der Waals surface area contributed by atoms with E-state index >= 15 is 0 Å². The molecule has 238 valence electrons. The fourth-order valence-electron chi connectivity index (χ4n) is 4.42. The smallest absolute Gasteiger partial charge is 0.407 e. The normalized spacial score (nSPS) is 15.1. The zero-order valence-corrected chi connectivity index (χ0v) is 25.7. The Morgan fingerprint density at radius 2 is 1.77 bits per heavy atom. The highest BCUT2D eigenvalue weighted by Crippen LogP contribution is 2.30. The van der Waals surface area contributed by atoms with Crippen molar-refractivity contribution in [3.8, 4) is 0 Å². The van der Waals surface area contributed by atoms with Crippen molar-refractivity contribution < 1.29 is 42.6 Å². The Hall–Kier alpha value is -3.97. The summed E-state index contributed by atoms with van der Waals surface area (Å²) in [5.41, 5.74) is -0.0901. The van der Waals surface area contributed by atoms with E-state index in [1.807, 2.05) is 0 Å². The van der Waals surface area contributed by atoms with E-state index in [0.717, 1.165) is 0 Å². The van der Waals surface area contributed by atoms with Gasteiger partial charge in [-0.3, -0.25) is 19.2 Å². The molecule has 2 aromatic rings. The van der Waals surface area contributed by atoms with E-state index in [9.17, 15) is 32.8 Å². The fraction of sp³-hybridized carbons (Fsp3) is 0.414. The molecule has 1 aliphatic rings. The number of hydrogen-bond acceptors (Lipinski definition) is 6. The van der Waals surface area contributed by atoms with Crippen molar-refractivity contribution in [1.29, 1.82) is 0 Å². The second kappa shape index (κ2) is 14.7. The maximum atomic E-state index is 14.7. The minimum absolute atomic E-state index is 0.0877. The second-order valence-corrected chi connectivity index (χ2v) is 11.8. The Labute approximate surface area is 262 Å². The van der Waals surface area contributed by atoms with E-state index in [2.05, 4.69) is 16.0 Å². The first-order valence-corrected chi connectivity index (χ1v) is 14.3. The lowest BCUT2D eigenvalue weighted by Gasteiger charge is -2.36. The third-order valence-electron chi connectivity index (χ3n) is 6.50. The van der Waals surface area contributed by atoms with Gasteiger partial charge in [-0.1, -0.05) is 29.3 Å². The minimum atomic E-state index is -1.38. The van der Waals surface area contributed by atoms with Crippen LogP contribution in [0.5, 0.6) is 0 Å². The monoisotopic (exact) mass is 656 g/mol. The summed E-state index contributed by atoms with van der Waals surface area (Å²) < 4.78 is 33.9. The molecule has 11 nitrogen and oxygen atoms in total. The molecule has 15 heteroatoms. The molecule has 0 bridgehead atoms. The highest BCUT2D eigenvalue weighted by molar-refractivity contribution is 6.42. The molecule has 3 rings (SSSR count). The number of aliphatic carboxylic acids is 1. The van der Waals surface area contributed by atoms with Gasteiger partial charge in [-0.25, -0.2) is 13.6 Å². The molecule has 2 atom stereocenters. The molecule has 44 heavy (non-hydrogen) atoms. The molecule has 2 aromatic carbocycles. The molecular weight excluding hydrogens is 625 g/mol. The van der Waals surface area contributed by atoms with E-state index in [1.165, 1.54) is 35.2 Å². The highest BCUT2D eigenvalue weighted by Gasteiger charge is 2.36. The molecule has 4 amide bonds. The standard InChI is InChI=1S/C29H32Cl2F2N4O7/c1-29(2,3)44-28(43)34-11-10-20(26(41)35-19-7-6-18(30)24(31)25(19)33)36-27(42)21-13-16-12-17(32)5-4-15(16)14-37(21)22(38)8-9-23(39)40/h4-7,12,20-21H,8-11,13-14H2,1-3H3,(H,34,43)(H,35,41)(H,36,42)(H,39,40)/t20-,21-/m0/s1. The summed E-state index contributed by atoms with van der Waals surface area (Å²) in [6, 6.07) is 3.74. The van der Waals surface area contributed by atoms with Crippen molar-refractivity contribution in [3.63, 3.8) is 0 Å². The molecular formula is C29H32Cl2F2N4O7. The summed E-state index contributed by atoms with van der Waals surface area (Å²) in [5.74, 6) is -5.09. The quantitative estimate of drug-likeness (QED) is 0.276. The average molecular weight is 657 g/mol. The number of nitrogens with zero attached hydrogens (tertiary/aromatic N) is 1. The molecule has 0 aliphatic carbocycles. The Morgan fingerprint density at radius 3 is 2.43 bits per heavy atom. The Kier molecular flexibility index (Phi) is 11.5. The number of amides is 4. The van der Waals surface area contributed by atoms with Crippen LogP contribution in [-0.4, -0.2) is 64.0 Å². The number of ether oxygens (including phenoxy) is 1. The van der Waals surface area contributed by atoms with Crippen molar-refractivity contribution >= 4 is 58.7 Å². The predicted octanol–water partition coefficient (Wildman–Crippen LogP) is 4.43. The van der Waals surface area contributed by atoms with Crippen molar-refractivity contribution in [2.75, 3.05) is 11.9 Å². The van der Waals surface area contributed by atoms with Gasteiger partial charge in [-0.2, -0.15) is 0 Å². The first-order valence-electron chi connectivity index (χ1n) is 13.6. The van der Waals surface area contributed by atoms with Crippen LogP contribution in [0.2, 0.25) is 10.0 Å². The summed E-state index contributed by atoms with van der Waals surface area (Å²) in [7, 11) is 0. The zero-order chi connectivity index (χ0) is 32.8. The van der Waals surface area contributed by atoms with Gasteiger partial charge >= 0.3 is 12.1 Å². The van der Waals surface area contributed by atoms with Crippen LogP contribution in [0.25, 0.3) is 0 Å². The third kappa shape index (κ3) is 9.52. The van der Waals surface area contributed by atoms with Crippen molar-refractivity contribution in [1.82, 2.24) is 15.5 Å². The lowest BCUT2D eigenvalue weighted by molar-refractivity contribution is -0.145. The number of halogens is 4. The number of carbonyl (C=O) groups excluding carboxylic acids is 4. The number of hydrogen-bond donors (Lipinski definition) is 4. The fourth-order valence-corrected chi connectivity index (χ4v) is 4.73. The van der Waals surface area contributed by atoms with Crippen LogP contribution in [0.1, 0.15) is 51.2 Å². The van der Waals surface area contributed by atoms with Crippen molar-refractivity contribution in [2.24, 2.45) is 0 Å². The van der Waals surface area contributed by atoms with E-state index in [-0.39, 0.29) is 36.6 Å². The maximum Gasteiger partial charge on any atom is 0.407 e. The number of rotatable bonds is 10. The maximum absolute atomic E-state index is 14.7. The first-order chi connectivity index (χ1) is 20.6. The van der Waals surface area contributed by atoms with Gasteiger partial charge in [0.15, 0.2) is 5.82 Å². The largest absolute Gasteiger partial charge is 0.481 e. The number of carboxylic acid groups (broad SMARTS) is 1. The van der Waals surface area contributed by atoms with Crippen LogP contribution in [0, 0.1) is 11.6 Å². The van der Waals surface area contributed by atoms with Crippen LogP contribution in [0.15, 0.2) is 30.3 Å². The molecule has 0 saturated heterocycles. The number of carboxylic acids is 1. The summed E-state index contributed by atoms with van der Waals surface area (Å²) in [6.45, 7) is 4.72. The summed E-state index contributed by atoms with van der Waals surface area (Å²) in [5, 5.41) is 15.9. The Bertz CT molecular complexity index is 1450. The van der Waals surface area contributed by atoms with E-state index in [0.29, 0.717) is 11.1 Å². The molecule has 4 N–H and O–H groups in total. The topological polar surface area (TPSA) is 154 Å². The van der Waals surface area contributed by atoms with Crippen LogP contribution < -0.4 is 16.0 Å². The van der Waals surface area contributed by atoms with E-state index < -0.39 is 77.0 Å². The average Bonchev–Trinajstić information content (AvgIpc) is 2.93. The summed E-state index contributed by atoms with van der Waals surface area (Å²) in [4.78, 5) is 64.4. The lowest BCUT2D eigenvalue weighted by atomic mass is 9.92. The van der Waals surface area contributed by atoms with Gasteiger partial charge in [0, 0.05) is 25.9 Å². The van der Waals surface area contributed by atoms with Gasteiger partial charge in [0.05, 0.1) is 22.2 Å². The van der Waals surface area contributed by atoms with Gasteiger partial charge in [0.2, 0.25) is 17.7 Å². The zero-order valence-electron chi connectivity index (χ0n) is 24.1. The van der Waals surface area contributed by atoms with Crippen LogP contribution in [0.3, 0.4) is 0 Å². The predicted molar refractivity (Wildman–Crippen MR) is 157 cm³/mol. The summed E-state index contributed by atoms with van der Waals surface area (Å²) >= 11 is 11.7. The Morgan fingerprint density at radius 1 is 1.07 bits per heavy atom. The number of alkyl carbamates (subject to hydrolysis) is 1. The van der Waals surface area contributed by atoms with Crippen molar-refractivity contribution in [2.45, 2.75) is 70.7 Å². The van der Waals surface area contributed by atoms with Crippen LogP contribution in [0.4, 0.5) is 19.3 Å². The van der Waals surface area contributed by atoms with E-state index in [4.69, 9.17) is 33.0 Å². The molecule has 1 heterocycles. The van der Waals surface area contributed by atoms with Gasteiger partial charge in [-0.05, 0) is 62.6 Å². The summed E-state index contributed by atoms with van der Waals surface area (Å²) in [6.07, 6.45) is -1.96. The van der Waals surface area contributed by atoms with E-state index in [1.54, 1.807) is 20.8 Å². The minimum Gasteiger partial charge on any atom is -0.481 e. The second-order valence-electron chi connectivity index (χ2n) is 11.0. The molecule has 0 unspecified atom stereocenters. The third-order valence-corrected chi connectivity index (χ3v) is 7.28. The number of carbonyl (C=O) groups is 5. The molecule has 1 aliphatic heterocycles. The number of benzene rings is 2. The molecule has 0 saturated carbocycles. The van der Waals surface area contributed by atoms with Gasteiger partial charge in [0.1, 0.15) is 23.5 Å². The lowest BCUT2D eigenvalue weighted by Crippen LogP contribution is -2.56. The van der Waals surface area contributed by atoms with Gasteiger partial charge in [0.25, 0.3) is 0 Å². The van der Waals surface area contributed by atoms with Crippen LogP contribution in [-0.2, 0) is 36.9 Å². The van der Waals surface area contributed by atoms with Gasteiger partial charge < -0.3 is 30.7 Å². The molecule has 0 aromatic heterocycles. The Balaban J connectivity index is 1.86. The number of fused-ring (bicyclic) bond motifs is 1. The number of nitrogens with one attached hydrogen (secondary N) is 3. The SMILES string of the molecule is CC(C)(C)OC(=O)NCC[C@H](NC(=O)[C@@H]1Cc2cc(F)ccc2CN1C(=O)CCC(=O)O)C(=O)Nc1ccc(Cl)c(Cl)c1F. The molecule has 0 fully saturated rings. The number of anilines is 1. The van der Waals surface area contributed by atoms with Crippen LogP contribution >= 0.6 is 23.2 Å². The highest BCUT2D eigenvalue weighted by atomic mass is 35.5. The molecule has 0 radical (unpaired) electrons. The van der Waals surface area contributed by atoms with Gasteiger partial charge in [-0.15, -0.1) is 0 Å². The van der Waals surface area contributed by atoms with Crippen molar-refractivity contribution in [3.05, 3.63) is 63.1 Å². The first kappa shape index (κ1) is 34.5. The molecule has 0 spiro atoms.